The number of aromatic nitrogens is 2. The number of H-pyrrole nitrogens is 1. The topological polar surface area (TPSA) is 92.4 Å². The Kier molecular flexibility index (Phi) is 4.13. The number of ether oxygens (including phenoxy) is 1. The Balaban J connectivity index is 2.38. The summed E-state index contributed by atoms with van der Waals surface area (Å²) >= 11 is 0. The fourth-order valence-corrected chi connectivity index (χ4v) is 1.79. The van der Waals surface area contributed by atoms with Gasteiger partial charge in [0, 0.05) is 13.1 Å². The van der Waals surface area contributed by atoms with Crippen molar-refractivity contribution in [1.82, 2.24) is 10.2 Å². The second-order valence-corrected chi connectivity index (χ2v) is 4.18. The number of nitrogens with zero attached hydrogens (tertiary/aromatic N) is 2. The Morgan fingerprint density at radius 3 is 2.52 bits per heavy atom. The first-order valence-corrected chi connectivity index (χ1v) is 6.05. The van der Waals surface area contributed by atoms with Crippen molar-refractivity contribution in [3.05, 3.63) is 58.0 Å². The third kappa shape index (κ3) is 2.97. The molecule has 7 nitrogen and oxygen atoms in total. The minimum absolute atomic E-state index is 0.0665. The Morgan fingerprint density at radius 1 is 1.19 bits per heavy atom. The van der Waals surface area contributed by atoms with E-state index >= 15 is 0 Å². The average molecular weight is 287 g/mol. The number of hydrogen-bond acceptors (Lipinski definition) is 5. The van der Waals surface area contributed by atoms with E-state index in [1.54, 1.807) is 24.3 Å². The van der Waals surface area contributed by atoms with Crippen molar-refractivity contribution in [2.75, 3.05) is 19.1 Å². The van der Waals surface area contributed by atoms with Crippen LogP contribution in [0.15, 0.2) is 41.2 Å². The molecule has 1 N–H and O–H groups in total. The van der Waals surface area contributed by atoms with Gasteiger partial charge in [-0.15, -0.1) is 0 Å². The van der Waals surface area contributed by atoms with Crippen LogP contribution in [0.1, 0.15) is 20.8 Å². The average Bonchev–Trinajstić information content (AvgIpc) is 2.53. The summed E-state index contributed by atoms with van der Waals surface area (Å²) in [7, 11) is 2.78. The second kappa shape index (κ2) is 6.00. The van der Waals surface area contributed by atoms with Gasteiger partial charge in [0.15, 0.2) is 0 Å². The van der Waals surface area contributed by atoms with Gasteiger partial charge in [0.1, 0.15) is 5.69 Å². The quantitative estimate of drug-likeness (QED) is 0.844. The molecular formula is C14H13N3O4. The molecule has 0 saturated carbocycles. The summed E-state index contributed by atoms with van der Waals surface area (Å²) in [5.41, 5.74) is 0.323. The Hall–Kier alpha value is -2.96. The number of nitrogens with one attached hydrogen (secondary N) is 1. The number of methoxy groups -OCH3 is 1. The van der Waals surface area contributed by atoms with Crippen molar-refractivity contribution in [3.63, 3.8) is 0 Å². The number of carbonyl (C=O) groups excluding carboxylic acids is 2. The fraction of sp³-hybridized carbons (Fsp3) is 0.143. The molecule has 0 aliphatic heterocycles. The number of rotatable bonds is 3. The molecular weight excluding hydrogens is 274 g/mol. The maximum absolute atomic E-state index is 12.3. The molecule has 2 aromatic rings. The van der Waals surface area contributed by atoms with Crippen LogP contribution in [0.25, 0.3) is 0 Å². The molecule has 2 rings (SSSR count). The minimum atomic E-state index is -0.542. The number of para-hydroxylation sites is 1. The minimum Gasteiger partial charge on any atom is -0.465 e. The van der Waals surface area contributed by atoms with Crippen LogP contribution in [0.2, 0.25) is 0 Å². The molecule has 0 aliphatic carbocycles. The molecule has 1 aromatic carbocycles. The van der Waals surface area contributed by atoms with Gasteiger partial charge >= 0.3 is 5.97 Å². The zero-order chi connectivity index (χ0) is 15.4. The highest BCUT2D eigenvalue weighted by molar-refractivity contribution is 6.08. The van der Waals surface area contributed by atoms with Crippen molar-refractivity contribution in [3.8, 4) is 0 Å². The van der Waals surface area contributed by atoms with Crippen LogP contribution in [-0.2, 0) is 4.74 Å². The predicted molar refractivity (Wildman–Crippen MR) is 75.4 cm³/mol. The molecule has 1 heterocycles. The highest BCUT2D eigenvalue weighted by Crippen LogP contribution is 2.21. The molecule has 0 aliphatic rings. The Bertz CT molecular complexity index is 718. The summed E-state index contributed by atoms with van der Waals surface area (Å²) in [4.78, 5) is 36.3. The van der Waals surface area contributed by atoms with E-state index in [9.17, 15) is 14.4 Å². The van der Waals surface area contributed by atoms with Gasteiger partial charge in [-0.3, -0.25) is 9.59 Å². The van der Waals surface area contributed by atoms with E-state index in [0.29, 0.717) is 5.69 Å². The van der Waals surface area contributed by atoms with Gasteiger partial charge in [0.25, 0.3) is 11.5 Å². The van der Waals surface area contributed by atoms with E-state index in [2.05, 4.69) is 14.9 Å². The zero-order valence-electron chi connectivity index (χ0n) is 11.5. The van der Waals surface area contributed by atoms with Crippen molar-refractivity contribution in [2.45, 2.75) is 0 Å². The normalized spacial score (nSPS) is 10.0. The van der Waals surface area contributed by atoms with Crippen LogP contribution in [-0.4, -0.2) is 36.2 Å². The van der Waals surface area contributed by atoms with E-state index in [4.69, 9.17) is 0 Å². The summed E-state index contributed by atoms with van der Waals surface area (Å²) in [6, 6.07) is 9.08. The SMILES string of the molecule is COC(=O)c1ccccc1N(C)C(=O)c1ccc(=O)[nH]n1. The summed E-state index contributed by atoms with van der Waals surface area (Å²) in [6.45, 7) is 0. The lowest BCUT2D eigenvalue weighted by Gasteiger charge is -2.19. The molecule has 1 aromatic heterocycles. The van der Waals surface area contributed by atoms with E-state index in [1.165, 1.54) is 31.2 Å². The highest BCUT2D eigenvalue weighted by Gasteiger charge is 2.20. The first kappa shape index (κ1) is 14.4. The van der Waals surface area contributed by atoms with Crippen molar-refractivity contribution >= 4 is 17.6 Å². The standard InChI is InChI=1S/C14H13N3O4/c1-17(13(19)10-7-8-12(18)16-15-10)11-6-4-3-5-9(11)14(20)21-2/h3-8H,1-2H3,(H,16,18). The molecule has 21 heavy (non-hydrogen) atoms. The maximum atomic E-state index is 12.3. The number of hydrogen-bond donors (Lipinski definition) is 1. The lowest BCUT2D eigenvalue weighted by molar-refractivity contribution is 0.0601. The second-order valence-electron chi connectivity index (χ2n) is 4.18. The van der Waals surface area contributed by atoms with Crippen molar-refractivity contribution in [1.29, 1.82) is 0 Å². The van der Waals surface area contributed by atoms with Crippen LogP contribution < -0.4 is 10.5 Å². The van der Waals surface area contributed by atoms with Gasteiger partial charge in [-0.1, -0.05) is 12.1 Å². The largest absolute Gasteiger partial charge is 0.465 e. The molecule has 0 saturated heterocycles. The number of esters is 1. The summed E-state index contributed by atoms with van der Waals surface area (Å²) in [5.74, 6) is -0.998. The van der Waals surface area contributed by atoms with Crippen LogP contribution in [0.3, 0.4) is 0 Å². The monoisotopic (exact) mass is 287 g/mol. The number of benzene rings is 1. The number of aromatic amines is 1. The predicted octanol–water partition coefficient (Wildman–Crippen LogP) is 0.833. The van der Waals surface area contributed by atoms with Crippen LogP contribution in [0.4, 0.5) is 5.69 Å². The third-order valence-electron chi connectivity index (χ3n) is 2.87. The smallest absolute Gasteiger partial charge is 0.339 e. The molecule has 1 amide bonds. The van der Waals surface area contributed by atoms with Crippen LogP contribution >= 0.6 is 0 Å². The van der Waals surface area contributed by atoms with Crippen molar-refractivity contribution < 1.29 is 14.3 Å². The van der Waals surface area contributed by atoms with E-state index in [-0.39, 0.29) is 11.3 Å². The maximum Gasteiger partial charge on any atom is 0.339 e. The van der Waals surface area contributed by atoms with Gasteiger partial charge in [-0.25, -0.2) is 9.89 Å². The molecule has 0 bridgehead atoms. The third-order valence-corrected chi connectivity index (χ3v) is 2.87. The van der Waals surface area contributed by atoms with Gasteiger partial charge < -0.3 is 9.64 Å². The van der Waals surface area contributed by atoms with Crippen LogP contribution in [0, 0.1) is 0 Å². The van der Waals surface area contributed by atoms with Gasteiger partial charge in [-0.05, 0) is 18.2 Å². The molecule has 0 radical (unpaired) electrons. The van der Waals surface area contributed by atoms with Crippen LogP contribution in [0.5, 0.6) is 0 Å². The lowest BCUT2D eigenvalue weighted by Crippen LogP contribution is -2.29. The van der Waals surface area contributed by atoms with Crippen molar-refractivity contribution in [2.24, 2.45) is 0 Å². The van der Waals surface area contributed by atoms with Gasteiger partial charge in [0.05, 0.1) is 18.4 Å². The molecule has 0 spiro atoms. The molecule has 0 fully saturated rings. The number of carbonyl (C=O) groups is 2. The van der Waals surface area contributed by atoms with E-state index < -0.39 is 17.4 Å². The van der Waals surface area contributed by atoms with Gasteiger partial charge in [0.2, 0.25) is 0 Å². The zero-order valence-corrected chi connectivity index (χ0v) is 11.5. The number of anilines is 1. The Morgan fingerprint density at radius 2 is 1.90 bits per heavy atom. The molecule has 108 valence electrons. The summed E-state index contributed by atoms with van der Waals surface area (Å²) in [5, 5.41) is 5.87. The highest BCUT2D eigenvalue weighted by atomic mass is 16.5. The first-order chi connectivity index (χ1) is 10.0. The first-order valence-electron chi connectivity index (χ1n) is 6.05. The Labute approximate surface area is 120 Å². The molecule has 7 heteroatoms. The van der Waals surface area contributed by atoms with E-state index in [1.807, 2.05) is 0 Å². The number of amides is 1. The fourth-order valence-electron chi connectivity index (χ4n) is 1.79. The summed E-state index contributed by atoms with van der Waals surface area (Å²) in [6.07, 6.45) is 0. The molecule has 0 atom stereocenters. The summed E-state index contributed by atoms with van der Waals surface area (Å²) < 4.78 is 4.69. The van der Waals surface area contributed by atoms with Gasteiger partial charge in [-0.2, -0.15) is 5.10 Å². The lowest BCUT2D eigenvalue weighted by atomic mass is 10.1. The molecule has 0 unspecified atom stereocenters. The van der Waals surface area contributed by atoms with E-state index in [0.717, 1.165) is 0 Å².